The highest BCUT2D eigenvalue weighted by Crippen LogP contribution is 2.15. The quantitative estimate of drug-likeness (QED) is 0.625. The van der Waals surface area contributed by atoms with Gasteiger partial charge in [0.1, 0.15) is 12.2 Å². The number of nitrogens with zero attached hydrogens (tertiary/aromatic N) is 2. The molecule has 0 aliphatic carbocycles. The summed E-state index contributed by atoms with van der Waals surface area (Å²) in [6.45, 7) is 1.51. The maximum atomic E-state index is 8.34. The molecule has 0 saturated heterocycles. The van der Waals surface area contributed by atoms with Crippen LogP contribution in [0.4, 0.5) is 0 Å². The van der Waals surface area contributed by atoms with Crippen LogP contribution in [0.1, 0.15) is 17.3 Å². The lowest BCUT2D eigenvalue weighted by atomic mass is 10.4. The predicted octanol–water partition coefficient (Wildman–Crippen LogP) is 0.344. The average molecular weight is 149 g/mol. The number of hydrogen-bond acceptors (Lipinski definition) is 4. The van der Waals surface area contributed by atoms with Crippen molar-refractivity contribution in [3.8, 4) is 6.07 Å². The summed E-state index contributed by atoms with van der Waals surface area (Å²) in [6.07, 6.45) is 0.271. The summed E-state index contributed by atoms with van der Waals surface area (Å²) in [5, 5.41) is 11.4. The van der Waals surface area contributed by atoms with Crippen molar-refractivity contribution < 1.29 is 4.42 Å². The topological polar surface area (TPSA) is 61.9 Å². The largest absolute Gasteiger partial charge is 0.443 e. The first-order valence-electron chi connectivity index (χ1n) is 3.45. The SMILES string of the molecule is N#CCc1nc2c(o1)CNC2. The van der Waals surface area contributed by atoms with Gasteiger partial charge >= 0.3 is 0 Å². The molecule has 1 aliphatic heterocycles. The lowest BCUT2D eigenvalue weighted by Gasteiger charge is -1.87. The fourth-order valence-corrected chi connectivity index (χ4v) is 1.15. The monoisotopic (exact) mass is 149 g/mol. The summed E-state index contributed by atoms with van der Waals surface area (Å²) < 4.78 is 5.27. The average Bonchev–Trinajstić information content (AvgIpc) is 2.46. The third kappa shape index (κ3) is 0.994. The fraction of sp³-hybridized carbons (Fsp3) is 0.429. The van der Waals surface area contributed by atoms with Crippen LogP contribution in [0.15, 0.2) is 4.42 Å². The Kier molecular flexibility index (Phi) is 1.37. The highest BCUT2D eigenvalue weighted by Gasteiger charge is 2.17. The lowest BCUT2D eigenvalue weighted by molar-refractivity contribution is 0.460. The Bertz CT molecular complexity index is 288. The molecule has 0 aromatic carbocycles. The van der Waals surface area contributed by atoms with E-state index in [4.69, 9.17) is 9.68 Å². The number of nitrogens with one attached hydrogen (secondary N) is 1. The molecule has 0 bridgehead atoms. The van der Waals surface area contributed by atoms with E-state index in [-0.39, 0.29) is 6.42 Å². The third-order valence-electron chi connectivity index (χ3n) is 1.63. The molecule has 0 atom stereocenters. The molecule has 56 valence electrons. The molecule has 0 unspecified atom stereocenters. The normalized spacial score (nSPS) is 14.5. The molecular formula is C7H7N3O. The summed E-state index contributed by atoms with van der Waals surface area (Å²) in [4.78, 5) is 4.13. The van der Waals surface area contributed by atoms with Gasteiger partial charge in [-0.15, -0.1) is 0 Å². The van der Waals surface area contributed by atoms with Crippen LogP contribution in [0.2, 0.25) is 0 Å². The lowest BCUT2D eigenvalue weighted by Crippen LogP contribution is -2.02. The highest BCUT2D eigenvalue weighted by atomic mass is 16.4. The van der Waals surface area contributed by atoms with Gasteiger partial charge in [-0.3, -0.25) is 0 Å². The second kappa shape index (κ2) is 2.36. The minimum Gasteiger partial charge on any atom is -0.443 e. The minimum atomic E-state index is 0.271. The molecule has 1 aromatic rings. The first kappa shape index (κ1) is 6.38. The standard InChI is InChI=1S/C7H7N3O/c8-2-1-7-10-5-3-9-4-6(5)11-7/h9H,1,3-4H2. The summed E-state index contributed by atoms with van der Waals surface area (Å²) in [6, 6.07) is 2.00. The van der Waals surface area contributed by atoms with Crippen molar-refractivity contribution in [2.75, 3.05) is 0 Å². The Labute approximate surface area is 63.8 Å². The molecule has 1 aliphatic rings. The van der Waals surface area contributed by atoms with E-state index >= 15 is 0 Å². The fourth-order valence-electron chi connectivity index (χ4n) is 1.15. The van der Waals surface area contributed by atoms with Gasteiger partial charge in [0.15, 0.2) is 0 Å². The number of aromatic nitrogens is 1. The second-order valence-corrected chi connectivity index (χ2v) is 2.42. The van der Waals surface area contributed by atoms with Crippen LogP contribution in [0.3, 0.4) is 0 Å². The molecule has 4 nitrogen and oxygen atoms in total. The van der Waals surface area contributed by atoms with Crippen molar-refractivity contribution in [1.82, 2.24) is 10.3 Å². The van der Waals surface area contributed by atoms with Gasteiger partial charge in [-0.1, -0.05) is 0 Å². The van der Waals surface area contributed by atoms with Gasteiger partial charge in [-0.05, 0) is 0 Å². The van der Waals surface area contributed by atoms with Crippen molar-refractivity contribution in [3.05, 3.63) is 17.3 Å². The van der Waals surface area contributed by atoms with Gasteiger partial charge in [0.25, 0.3) is 0 Å². The van der Waals surface area contributed by atoms with E-state index in [1.54, 1.807) is 0 Å². The van der Waals surface area contributed by atoms with Crippen molar-refractivity contribution in [2.24, 2.45) is 0 Å². The first-order chi connectivity index (χ1) is 5.40. The van der Waals surface area contributed by atoms with Crippen LogP contribution < -0.4 is 5.32 Å². The Hall–Kier alpha value is -1.34. The van der Waals surface area contributed by atoms with Crippen LogP contribution in [0.5, 0.6) is 0 Å². The van der Waals surface area contributed by atoms with E-state index in [0.717, 1.165) is 24.5 Å². The van der Waals surface area contributed by atoms with E-state index in [1.165, 1.54) is 0 Å². The zero-order valence-corrected chi connectivity index (χ0v) is 5.92. The van der Waals surface area contributed by atoms with Gasteiger partial charge in [-0.2, -0.15) is 5.26 Å². The van der Waals surface area contributed by atoms with E-state index in [2.05, 4.69) is 10.3 Å². The van der Waals surface area contributed by atoms with Crippen LogP contribution >= 0.6 is 0 Å². The maximum Gasteiger partial charge on any atom is 0.208 e. The molecule has 4 heteroatoms. The van der Waals surface area contributed by atoms with E-state index < -0.39 is 0 Å². The molecule has 0 spiro atoms. The number of hydrogen-bond donors (Lipinski definition) is 1. The van der Waals surface area contributed by atoms with Crippen LogP contribution in [0, 0.1) is 11.3 Å². The Morgan fingerprint density at radius 2 is 2.55 bits per heavy atom. The molecule has 2 heterocycles. The van der Waals surface area contributed by atoms with Gasteiger partial charge < -0.3 is 9.73 Å². The number of fused-ring (bicyclic) bond motifs is 1. The van der Waals surface area contributed by atoms with Crippen LogP contribution in [-0.2, 0) is 19.5 Å². The zero-order valence-electron chi connectivity index (χ0n) is 5.92. The summed E-state index contributed by atoms with van der Waals surface area (Å²) in [5.41, 5.74) is 0.954. The van der Waals surface area contributed by atoms with Gasteiger partial charge in [-0.25, -0.2) is 4.98 Å². The van der Waals surface area contributed by atoms with Gasteiger partial charge in [0.2, 0.25) is 5.89 Å². The first-order valence-corrected chi connectivity index (χ1v) is 3.45. The van der Waals surface area contributed by atoms with Crippen molar-refractivity contribution in [3.63, 3.8) is 0 Å². The van der Waals surface area contributed by atoms with Crippen molar-refractivity contribution in [2.45, 2.75) is 19.5 Å². The number of rotatable bonds is 1. The highest BCUT2D eigenvalue weighted by molar-refractivity contribution is 5.15. The van der Waals surface area contributed by atoms with Crippen molar-refractivity contribution >= 4 is 0 Å². The molecule has 1 N–H and O–H groups in total. The number of nitriles is 1. The molecule has 0 fully saturated rings. The van der Waals surface area contributed by atoms with Crippen molar-refractivity contribution in [1.29, 1.82) is 5.26 Å². The van der Waals surface area contributed by atoms with E-state index in [9.17, 15) is 0 Å². The summed E-state index contributed by atoms with van der Waals surface area (Å²) >= 11 is 0. The second-order valence-electron chi connectivity index (χ2n) is 2.42. The zero-order chi connectivity index (χ0) is 7.68. The maximum absolute atomic E-state index is 8.34. The molecule has 0 saturated carbocycles. The summed E-state index contributed by atoms with van der Waals surface area (Å²) in [5.74, 6) is 1.43. The molecule has 1 aromatic heterocycles. The minimum absolute atomic E-state index is 0.271. The molecule has 0 radical (unpaired) electrons. The number of oxazole rings is 1. The van der Waals surface area contributed by atoms with Crippen LogP contribution in [-0.4, -0.2) is 4.98 Å². The van der Waals surface area contributed by atoms with E-state index in [1.807, 2.05) is 6.07 Å². The molecule has 2 rings (SSSR count). The molecule has 0 amide bonds. The Balaban J connectivity index is 2.29. The van der Waals surface area contributed by atoms with Gasteiger partial charge in [0, 0.05) is 6.54 Å². The van der Waals surface area contributed by atoms with Gasteiger partial charge in [0.05, 0.1) is 18.3 Å². The van der Waals surface area contributed by atoms with Crippen LogP contribution in [0.25, 0.3) is 0 Å². The molecule has 11 heavy (non-hydrogen) atoms. The Morgan fingerprint density at radius 3 is 3.27 bits per heavy atom. The Morgan fingerprint density at radius 1 is 1.64 bits per heavy atom. The predicted molar refractivity (Wildman–Crippen MR) is 36.4 cm³/mol. The third-order valence-corrected chi connectivity index (χ3v) is 1.63. The van der Waals surface area contributed by atoms with E-state index in [0.29, 0.717) is 5.89 Å². The molecular weight excluding hydrogens is 142 g/mol. The smallest absolute Gasteiger partial charge is 0.208 e. The summed E-state index contributed by atoms with van der Waals surface area (Å²) in [7, 11) is 0.